The largest absolute Gasteiger partial charge is 0.493 e. The molecule has 1 aliphatic carbocycles. The Bertz CT molecular complexity index is 556. The number of nitrogens with zero attached hydrogens (tertiary/aromatic N) is 1. The Labute approximate surface area is 138 Å². The van der Waals surface area contributed by atoms with E-state index >= 15 is 0 Å². The van der Waals surface area contributed by atoms with Crippen LogP contribution in [0.2, 0.25) is 0 Å². The molecule has 0 bridgehead atoms. The van der Waals surface area contributed by atoms with Crippen LogP contribution in [0.3, 0.4) is 0 Å². The van der Waals surface area contributed by atoms with Gasteiger partial charge in [0.05, 0.1) is 20.6 Å². The number of hydrogen-bond donors (Lipinski definition) is 0. The summed E-state index contributed by atoms with van der Waals surface area (Å²) in [5, 5.41) is 0. The maximum Gasteiger partial charge on any atom is 0.227 e. The minimum atomic E-state index is 0.258. The first kappa shape index (κ1) is 16.2. The molecule has 2 atom stereocenters. The molecule has 1 aromatic rings. The summed E-state index contributed by atoms with van der Waals surface area (Å²) in [6.45, 7) is 0.924. The third-order valence-corrected chi connectivity index (χ3v) is 5.37. The fourth-order valence-corrected chi connectivity index (χ4v) is 4.20. The summed E-state index contributed by atoms with van der Waals surface area (Å²) >= 11 is 0. The number of rotatable bonds is 4. The third kappa shape index (κ3) is 3.46. The van der Waals surface area contributed by atoms with Gasteiger partial charge >= 0.3 is 0 Å². The number of piperidine rings is 1. The third-order valence-electron chi connectivity index (χ3n) is 5.37. The van der Waals surface area contributed by atoms with Crippen LogP contribution in [0.1, 0.15) is 44.1 Å². The maximum atomic E-state index is 12.8. The van der Waals surface area contributed by atoms with E-state index in [9.17, 15) is 4.79 Å². The predicted octanol–water partition coefficient (Wildman–Crippen LogP) is 3.43. The molecule has 2 aliphatic rings. The predicted molar refractivity (Wildman–Crippen MR) is 89.9 cm³/mol. The lowest BCUT2D eigenvalue weighted by atomic mass is 9.78. The number of likely N-dealkylation sites (tertiary alicyclic amines) is 1. The van der Waals surface area contributed by atoms with Gasteiger partial charge in [-0.1, -0.05) is 18.9 Å². The van der Waals surface area contributed by atoms with E-state index in [0.717, 1.165) is 24.4 Å². The lowest BCUT2D eigenvalue weighted by Gasteiger charge is -2.44. The van der Waals surface area contributed by atoms with Gasteiger partial charge in [-0.2, -0.15) is 0 Å². The van der Waals surface area contributed by atoms with E-state index in [1.165, 1.54) is 32.1 Å². The second-order valence-corrected chi connectivity index (χ2v) is 6.71. The first-order valence-corrected chi connectivity index (χ1v) is 8.73. The summed E-state index contributed by atoms with van der Waals surface area (Å²) in [4.78, 5) is 15.0. The standard InChI is InChI=1S/C19H27NO3/c1-22-17-10-9-14(12-18(17)23-2)13-19(21)20-11-5-7-15-6-3-4-8-16(15)20/h9-10,12,15-16H,3-8,11,13H2,1-2H3. The smallest absolute Gasteiger partial charge is 0.227 e. The van der Waals surface area contributed by atoms with E-state index < -0.39 is 0 Å². The first-order chi connectivity index (χ1) is 11.2. The average Bonchev–Trinajstić information content (AvgIpc) is 2.61. The molecule has 2 unspecified atom stereocenters. The fraction of sp³-hybridized carbons (Fsp3) is 0.632. The van der Waals surface area contributed by atoms with Crippen molar-refractivity contribution >= 4 is 5.91 Å². The van der Waals surface area contributed by atoms with Gasteiger partial charge in [0.1, 0.15) is 0 Å². The molecule has 1 aliphatic heterocycles. The van der Waals surface area contributed by atoms with Gasteiger partial charge in [0.2, 0.25) is 5.91 Å². The highest BCUT2D eigenvalue weighted by molar-refractivity contribution is 5.79. The van der Waals surface area contributed by atoms with Crippen LogP contribution >= 0.6 is 0 Å². The molecule has 3 rings (SSSR count). The summed E-state index contributed by atoms with van der Waals surface area (Å²) < 4.78 is 10.6. The van der Waals surface area contributed by atoms with E-state index in [1.807, 2.05) is 18.2 Å². The molecule has 1 aromatic carbocycles. The lowest BCUT2D eigenvalue weighted by Crippen LogP contribution is -2.50. The van der Waals surface area contributed by atoms with Crippen LogP contribution in [0.4, 0.5) is 0 Å². The fourth-order valence-electron chi connectivity index (χ4n) is 4.20. The number of benzene rings is 1. The van der Waals surface area contributed by atoms with Gasteiger partial charge in [0, 0.05) is 12.6 Å². The van der Waals surface area contributed by atoms with E-state index in [1.54, 1.807) is 14.2 Å². The van der Waals surface area contributed by atoms with Crippen molar-refractivity contribution in [2.45, 2.75) is 51.0 Å². The van der Waals surface area contributed by atoms with Crippen molar-refractivity contribution in [3.8, 4) is 11.5 Å². The molecule has 0 radical (unpaired) electrons. The van der Waals surface area contributed by atoms with Crippen LogP contribution in [0, 0.1) is 5.92 Å². The normalized spacial score (nSPS) is 24.0. The van der Waals surface area contributed by atoms with Crippen LogP contribution < -0.4 is 9.47 Å². The minimum absolute atomic E-state index is 0.258. The van der Waals surface area contributed by atoms with Gasteiger partial charge in [-0.15, -0.1) is 0 Å². The highest BCUT2D eigenvalue weighted by Gasteiger charge is 2.35. The SMILES string of the molecule is COc1ccc(CC(=O)N2CCCC3CCCCC32)cc1OC. The van der Waals surface area contributed by atoms with E-state index in [4.69, 9.17) is 9.47 Å². The lowest BCUT2D eigenvalue weighted by molar-refractivity contribution is -0.136. The number of amides is 1. The summed E-state index contributed by atoms with van der Waals surface area (Å²) in [6.07, 6.45) is 7.97. The number of hydrogen-bond acceptors (Lipinski definition) is 3. The van der Waals surface area contributed by atoms with Crippen molar-refractivity contribution in [3.63, 3.8) is 0 Å². The summed E-state index contributed by atoms with van der Waals surface area (Å²) in [5.41, 5.74) is 0.991. The molecule has 126 valence electrons. The molecule has 4 nitrogen and oxygen atoms in total. The molecule has 1 saturated heterocycles. The Morgan fingerprint density at radius 2 is 1.83 bits per heavy atom. The van der Waals surface area contributed by atoms with Gasteiger partial charge < -0.3 is 14.4 Å². The van der Waals surface area contributed by atoms with E-state index in [0.29, 0.717) is 24.0 Å². The molecule has 1 heterocycles. The van der Waals surface area contributed by atoms with Crippen molar-refractivity contribution < 1.29 is 14.3 Å². The van der Waals surface area contributed by atoms with E-state index in [-0.39, 0.29) is 5.91 Å². The Kier molecular flexibility index (Phi) is 5.09. The number of carbonyl (C=O) groups is 1. The molecule has 1 saturated carbocycles. The van der Waals surface area contributed by atoms with Crippen molar-refractivity contribution in [3.05, 3.63) is 23.8 Å². The minimum Gasteiger partial charge on any atom is -0.493 e. The van der Waals surface area contributed by atoms with Crippen LogP contribution in [0.15, 0.2) is 18.2 Å². The van der Waals surface area contributed by atoms with Gasteiger partial charge in [-0.25, -0.2) is 0 Å². The Hall–Kier alpha value is -1.71. The second-order valence-electron chi connectivity index (χ2n) is 6.71. The number of methoxy groups -OCH3 is 2. The van der Waals surface area contributed by atoms with Gasteiger partial charge in [0.15, 0.2) is 11.5 Å². The van der Waals surface area contributed by atoms with Gasteiger partial charge in [-0.3, -0.25) is 4.79 Å². The first-order valence-electron chi connectivity index (χ1n) is 8.73. The molecule has 23 heavy (non-hydrogen) atoms. The summed E-state index contributed by atoms with van der Waals surface area (Å²) in [5.74, 6) is 2.38. The maximum absolute atomic E-state index is 12.8. The monoisotopic (exact) mass is 317 g/mol. The Balaban J connectivity index is 1.70. The molecular formula is C19H27NO3. The highest BCUT2D eigenvalue weighted by Crippen LogP contribution is 2.35. The highest BCUT2D eigenvalue weighted by atomic mass is 16.5. The summed E-state index contributed by atoms with van der Waals surface area (Å²) in [6, 6.07) is 6.23. The molecular weight excluding hydrogens is 290 g/mol. The van der Waals surface area contributed by atoms with Gasteiger partial charge in [0.25, 0.3) is 0 Å². The number of fused-ring (bicyclic) bond motifs is 1. The molecule has 2 fully saturated rings. The van der Waals surface area contributed by atoms with Crippen molar-refractivity contribution in [1.82, 2.24) is 4.90 Å². The molecule has 0 aromatic heterocycles. The molecule has 0 N–H and O–H groups in total. The molecule has 1 amide bonds. The van der Waals surface area contributed by atoms with Crippen LogP contribution in [-0.4, -0.2) is 37.6 Å². The zero-order valence-electron chi connectivity index (χ0n) is 14.2. The number of carbonyl (C=O) groups excluding carboxylic acids is 1. The molecule has 4 heteroatoms. The topological polar surface area (TPSA) is 38.8 Å². The Morgan fingerprint density at radius 3 is 2.61 bits per heavy atom. The number of ether oxygens (including phenoxy) is 2. The van der Waals surface area contributed by atoms with Crippen LogP contribution in [0.25, 0.3) is 0 Å². The Morgan fingerprint density at radius 1 is 1.09 bits per heavy atom. The van der Waals surface area contributed by atoms with Crippen LogP contribution in [0.5, 0.6) is 11.5 Å². The summed E-state index contributed by atoms with van der Waals surface area (Å²) in [7, 11) is 3.25. The zero-order chi connectivity index (χ0) is 16.2. The van der Waals surface area contributed by atoms with E-state index in [2.05, 4.69) is 4.90 Å². The quantitative estimate of drug-likeness (QED) is 0.854. The van der Waals surface area contributed by atoms with Gasteiger partial charge in [-0.05, 0) is 49.3 Å². The average molecular weight is 317 g/mol. The van der Waals surface area contributed by atoms with Crippen molar-refractivity contribution in [2.75, 3.05) is 20.8 Å². The zero-order valence-corrected chi connectivity index (χ0v) is 14.2. The van der Waals surface area contributed by atoms with Crippen molar-refractivity contribution in [2.24, 2.45) is 5.92 Å². The van der Waals surface area contributed by atoms with Crippen molar-refractivity contribution in [1.29, 1.82) is 0 Å². The second kappa shape index (κ2) is 7.24. The molecule has 0 spiro atoms. The van der Waals surface area contributed by atoms with Crippen LogP contribution in [-0.2, 0) is 11.2 Å².